The standard InChI is InChI=1S/C13H20N2O3S/c1-18-13-8-11(7-12(14)9-13)10-15-3-2-5-19(16,17)6-4-15/h7-9H,2-6,10,14H2,1H3. The minimum Gasteiger partial charge on any atom is -0.497 e. The van der Waals surface area contributed by atoms with Gasteiger partial charge in [-0.25, -0.2) is 8.42 Å². The van der Waals surface area contributed by atoms with Gasteiger partial charge in [0.15, 0.2) is 9.84 Å². The third kappa shape index (κ3) is 4.11. The average molecular weight is 284 g/mol. The molecule has 1 saturated heterocycles. The monoisotopic (exact) mass is 284 g/mol. The van der Waals surface area contributed by atoms with E-state index in [1.807, 2.05) is 12.1 Å². The number of rotatable bonds is 3. The van der Waals surface area contributed by atoms with E-state index in [1.54, 1.807) is 13.2 Å². The first kappa shape index (κ1) is 14.1. The molecule has 0 bridgehead atoms. The molecule has 2 rings (SSSR count). The molecule has 1 heterocycles. The molecule has 1 fully saturated rings. The van der Waals surface area contributed by atoms with Crippen LogP contribution in [0.3, 0.4) is 0 Å². The van der Waals surface area contributed by atoms with Crippen LogP contribution in [0.2, 0.25) is 0 Å². The minimum atomic E-state index is -2.86. The van der Waals surface area contributed by atoms with Gasteiger partial charge < -0.3 is 10.5 Å². The highest BCUT2D eigenvalue weighted by molar-refractivity contribution is 7.91. The van der Waals surface area contributed by atoms with E-state index in [-0.39, 0.29) is 5.75 Å². The van der Waals surface area contributed by atoms with Crippen LogP contribution in [0, 0.1) is 0 Å². The van der Waals surface area contributed by atoms with Crippen molar-refractivity contribution in [2.24, 2.45) is 0 Å². The van der Waals surface area contributed by atoms with Gasteiger partial charge in [0.05, 0.1) is 18.6 Å². The molecular weight excluding hydrogens is 264 g/mol. The Hall–Kier alpha value is -1.27. The van der Waals surface area contributed by atoms with Crippen LogP contribution in [-0.2, 0) is 16.4 Å². The predicted octanol–water partition coefficient (Wildman–Crippen LogP) is 0.898. The normalized spacial score (nSPS) is 19.8. The van der Waals surface area contributed by atoms with Crippen molar-refractivity contribution in [2.45, 2.75) is 13.0 Å². The predicted molar refractivity (Wildman–Crippen MR) is 76.0 cm³/mol. The Kier molecular flexibility index (Phi) is 4.31. The van der Waals surface area contributed by atoms with E-state index in [9.17, 15) is 8.42 Å². The molecule has 0 saturated carbocycles. The van der Waals surface area contributed by atoms with Gasteiger partial charge in [0, 0.05) is 24.8 Å². The van der Waals surface area contributed by atoms with Crippen molar-refractivity contribution >= 4 is 15.5 Å². The van der Waals surface area contributed by atoms with Crippen molar-refractivity contribution in [3.63, 3.8) is 0 Å². The van der Waals surface area contributed by atoms with E-state index in [2.05, 4.69) is 4.90 Å². The topological polar surface area (TPSA) is 72.6 Å². The highest BCUT2D eigenvalue weighted by Gasteiger charge is 2.19. The van der Waals surface area contributed by atoms with E-state index in [0.717, 1.165) is 17.9 Å². The molecule has 6 heteroatoms. The molecule has 0 amide bonds. The molecule has 0 aromatic heterocycles. The van der Waals surface area contributed by atoms with E-state index < -0.39 is 9.84 Å². The van der Waals surface area contributed by atoms with Gasteiger partial charge in [0.1, 0.15) is 5.75 Å². The number of nitrogens with two attached hydrogens (primary N) is 1. The van der Waals surface area contributed by atoms with E-state index in [4.69, 9.17) is 10.5 Å². The summed E-state index contributed by atoms with van der Waals surface area (Å²) in [6.07, 6.45) is 0.696. The lowest BCUT2D eigenvalue weighted by atomic mass is 10.1. The van der Waals surface area contributed by atoms with Crippen molar-refractivity contribution in [3.8, 4) is 5.75 Å². The summed E-state index contributed by atoms with van der Waals surface area (Å²) in [6.45, 7) is 2.09. The molecule has 1 aromatic carbocycles. The summed E-state index contributed by atoms with van der Waals surface area (Å²) < 4.78 is 28.3. The van der Waals surface area contributed by atoms with Crippen LogP contribution in [0.15, 0.2) is 18.2 Å². The van der Waals surface area contributed by atoms with Crippen molar-refractivity contribution < 1.29 is 13.2 Å². The summed E-state index contributed by atoms with van der Waals surface area (Å²) in [5.74, 6) is 1.27. The molecular formula is C13H20N2O3S. The zero-order chi connectivity index (χ0) is 13.9. The molecule has 106 valence electrons. The van der Waals surface area contributed by atoms with Crippen LogP contribution in [0.1, 0.15) is 12.0 Å². The van der Waals surface area contributed by atoms with Crippen LogP contribution in [-0.4, -0.2) is 45.0 Å². The largest absolute Gasteiger partial charge is 0.497 e. The number of sulfone groups is 1. The number of nitrogen functional groups attached to an aromatic ring is 1. The summed E-state index contributed by atoms with van der Waals surface area (Å²) in [5.41, 5.74) is 7.54. The second kappa shape index (κ2) is 5.79. The van der Waals surface area contributed by atoms with Gasteiger partial charge in [0.2, 0.25) is 0 Å². The molecule has 0 aliphatic carbocycles. The highest BCUT2D eigenvalue weighted by atomic mass is 32.2. The Balaban J connectivity index is 2.06. The first-order chi connectivity index (χ1) is 8.98. The molecule has 2 N–H and O–H groups in total. The third-order valence-electron chi connectivity index (χ3n) is 3.28. The van der Waals surface area contributed by atoms with Crippen molar-refractivity contribution in [2.75, 3.05) is 37.4 Å². The van der Waals surface area contributed by atoms with Crippen LogP contribution in [0.4, 0.5) is 5.69 Å². The van der Waals surface area contributed by atoms with Gasteiger partial charge in [-0.1, -0.05) is 0 Å². The van der Waals surface area contributed by atoms with Crippen molar-refractivity contribution in [1.82, 2.24) is 4.90 Å². The molecule has 1 aliphatic rings. The van der Waals surface area contributed by atoms with Crippen LogP contribution in [0.25, 0.3) is 0 Å². The fourth-order valence-corrected chi connectivity index (χ4v) is 3.61. The number of hydrogen-bond donors (Lipinski definition) is 1. The third-order valence-corrected chi connectivity index (χ3v) is 4.99. The van der Waals surface area contributed by atoms with Crippen LogP contribution >= 0.6 is 0 Å². The second-order valence-corrected chi connectivity index (χ2v) is 7.20. The molecule has 0 unspecified atom stereocenters. The summed E-state index contributed by atoms with van der Waals surface area (Å²) in [7, 11) is -1.25. The Labute approximate surface area is 114 Å². The Morgan fingerprint density at radius 3 is 2.79 bits per heavy atom. The molecule has 5 nitrogen and oxygen atoms in total. The summed E-state index contributed by atoms with van der Waals surface area (Å²) in [6, 6.07) is 5.62. The molecule has 1 aromatic rings. The SMILES string of the molecule is COc1cc(N)cc(CN2CCCS(=O)(=O)CC2)c1. The van der Waals surface area contributed by atoms with E-state index in [1.165, 1.54) is 0 Å². The number of anilines is 1. The Bertz CT molecular complexity index is 543. The van der Waals surface area contributed by atoms with Gasteiger partial charge in [0.25, 0.3) is 0 Å². The van der Waals surface area contributed by atoms with Crippen LogP contribution < -0.4 is 10.5 Å². The number of hydrogen-bond acceptors (Lipinski definition) is 5. The molecule has 0 radical (unpaired) electrons. The van der Waals surface area contributed by atoms with Crippen LogP contribution in [0.5, 0.6) is 5.75 Å². The number of methoxy groups -OCH3 is 1. The van der Waals surface area contributed by atoms with Gasteiger partial charge in [-0.05, 0) is 30.7 Å². The average Bonchev–Trinajstić information content (AvgIpc) is 2.50. The molecule has 19 heavy (non-hydrogen) atoms. The second-order valence-electron chi connectivity index (χ2n) is 4.90. The lowest BCUT2D eigenvalue weighted by Crippen LogP contribution is -2.26. The quantitative estimate of drug-likeness (QED) is 0.835. The van der Waals surface area contributed by atoms with Gasteiger partial charge in [-0.15, -0.1) is 0 Å². The molecule has 1 aliphatic heterocycles. The van der Waals surface area contributed by atoms with Crippen molar-refractivity contribution in [3.05, 3.63) is 23.8 Å². The number of benzene rings is 1. The lowest BCUT2D eigenvalue weighted by Gasteiger charge is -2.19. The maximum absolute atomic E-state index is 11.6. The van der Waals surface area contributed by atoms with Gasteiger partial charge in [-0.2, -0.15) is 0 Å². The molecule has 0 spiro atoms. The first-order valence-electron chi connectivity index (χ1n) is 6.35. The Morgan fingerprint density at radius 1 is 1.26 bits per heavy atom. The smallest absolute Gasteiger partial charge is 0.151 e. The zero-order valence-corrected chi connectivity index (χ0v) is 11.9. The van der Waals surface area contributed by atoms with Gasteiger partial charge >= 0.3 is 0 Å². The lowest BCUT2D eigenvalue weighted by molar-refractivity contribution is 0.287. The zero-order valence-electron chi connectivity index (χ0n) is 11.1. The minimum absolute atomic E-state index is 0.243. The maximum atomic E-state index is 11.6. The summed E-state index contributed by atoms with van der Waals surface area (Å²) in [4.78, 5) is 2.15. The maximum Gasteiger partial charge on any atom is 0.151 e. The van der Waals surface area contributed by atoms with Gasteiger partial charge in [-0.3, -0.25) is 4.90 Å². The molecule has 0 atom stereocenters. The first-order valence-corrected chi connectivity index (χ1v) is 8.17. The highest BCUT2D eigenvalue weighted by Crippen LogP contribution is 2.20. The number of nitrogens with zero attached hydrogens (tertiary/aromatic N) is 1. The number of ether oxygens (including phenoxy) is 1. The van der Waals surface area contributed by atoms with E-state index in [0.29, 0.717) is 31.0 Å². The summed E-state index contributed by atoms with van der Waals surface area (Å²) in [5, 5.41) is 0. The fraction of sp³-hybridized carbons (Fsp3) is 0.538. The summed E-state index contributed by atoms with van der Waals surface area (Å²) >= 11 is 0. The van der Waals surface area contributed by atoms with E-state index >= 15 is 0 Å². The fourth-order valence-electron chi connectivity index (χ4n) is 2.30. The van der Waals surface area contributed by atoms with Crippen molar-refractivity contribution in [1.29, 1.82) is 0 Å². The Morgan fingerprint density at radius 2 is 2.05 bits per heavy atom.